The lowest BCUT2D eigenvalue weighted by molar-refractivity contribution is -0.272. The van der Waals surface area contributed by atoms with Gasteiger partial charge in [0, 0.05) is 5.69 Å². The van der Waals surface area contributed by atoms with E-state index in [2.05, 4.69) is 5.32 Å². The van der Waals surface area contributed by atoms with Crippen LogP contribution in [-0.4, -0.2) is 36.6 Å². The van der Waals surface area contributed by atoms with E-state index in [1.165, 1.54) is 36.5 Å². The minimum Gasteiger partial charge on any atom is -0.404 e. The molecule has 0 aromatic heterocycles. The molecule has 2 aliphatic rings. The van der Waals surface area contributed by atoms with Gasteiger partial charge < -0.3 is 16.2 Å². The molecule has 1 aromatic carbocycles. The maximum Gasteiger partial charge on any atom is 0.421 e. The summed E-state index contributed by atoms with van der Waals surface area (Å²) in [5.74, 6) is -0.237. The molecule has 3 rings (SSSR count). The molecule has 0 spiro atoms. The highest BCUT2D eigenvalue weighted by Crippen LogP contribution is 2.46. The number of halogens is 3. The van der Waals surface area contributed by atoms with E-state index in [4.69, 9.17) is 5.73 Å². The Bertz CT molecular complexity index is 1090. The van der Waals surface area contributed by atoms with Gasteiger partial charge in [0.05, 0.1) is 17.4 Å². The fourth-order valence-corrected chi connectivity index (χ4v) is 6.96. The first kappa shape index (κ1) is 29.2. The quantitative estimate of drug-likeness (QED) is 0.309. The standard InChI is InChI=1S/C27H37F3N2O4S/c1-2-24(37(35,36)18-20-7-8-20)14-9-21(17-31)15-25(33)32-23-12-10-22(11-13-23)26(34,27(28,29)30)16-19-5-3-4-6-19/h9-14,17,19-20,24,34H,2-8,15-16,18,31H2,1H3,(H,32,33)/b14-9-,21-17+. The number of rotatable bonds is 12. The largest absolute Gasteiger partial charge is 0.421 e. The van der Waals surface area contributed by atoms with Crippen molar-refractivity contribution in [3.8, 4) is 0 Å². The van der Waals surface area contributed by atoms with Gasteiger partial charge in [-0.05, 0) is 67.0 Å². The molecule has 2 atom stereocenters. The lowest BCUT2D eigenvalue weighted by Gasteiger charge is -2.33. The van der Waals surface area contributed by atoms with Crippen molar-refractivity contribution in [2.45, 2.75) is 81.7 Å². The van der Waals surface area contributed by atoms with Crippen molar-refractivity contribution in [1.82, 2.24) is 0 Å². The summed E-state index contributed by atoms with van der Waals surface area (Å²) in [6.07, 6.45) is 4.34. The number of sulfone groups is 1. The molecule has 206 valence electrons. The number of nitrogens with one attached hydrogen (secondary N) is 1. The Morgan fingerprint density at radius 3 is 2.27 bits per heavy atom. The van der Waals surface area contributed by atoms with E-state index in [-0.39, 0.29) is 41.7 Å². The van der Waals surface area contributed by atoms with Gasteiger partial charge in [-0.15, -0.1) is 0 Å². The molecule has 2 fully saturated rings. The molecule has 0 bridgehead atoms. The molecule has 2 aliphatic carbocycles. The molecule has 0 heterocycles. The van der Waals surface area contributed by atoms with Crippen molar-refractivity contribution in [3.05, 3.63) is 53.8 Å². The van der Waals surface area contributed by atoms with Crippen molar-refractivity contribution in [2.24, 2.45) is 17.6 Å². The SMILES string of the molecule is CCC(/C=C\C(=C/N)CC(=O)Nc1ccc(C(O)(CC2CCCC2)C(F)(F)F)cc1)S(=O)(=O)CC1CC1. The normalized spacial score (nSPS) is 20.2. The predicted octanol–water partition coefficient (Wildman–Crippen LogP) is 5.35. The highest BCUT2D eigenvalue weighted by atomic mass is 32.2. The summed E-state index contributed by atoms with van der Waals surface area (Å²) < 4.78 is 66.7. The van der Waals surface area contributed by atoms with Crippen LogP contribution < -0.4 is 11.1 Å². The number of benzene rings is 1. The second kappa shape index (κ2) is 12.0. The van der Waals surface area contributed by atoms with Gasteiger partial charge >= 0.3 is 6.18 Å². The zero-order valence-corrected chi connectivity index (χ0v) is 22.0. The van der Waals surface area contributed by atoms with E-state index < -0.39 is 32.8 Å². The summed E-state index contributed by atoms with van der Waals surface area (Å²) in [5.41, 5.74) is 3.13. The number of carbonyl (C=O) groups excluding carboxylic acids is 1. The fraction of sp³-hybridized carbons (Fsp3) is 0.593. The van der Waals surface area contributed by atoms with Crippen LogP contribution in [0, 0.1) is 11.8 Å². The predicted molar refractivity (Wildman–Crippen MR) is 138 cm³/mol. The van der Waals surface area contributed by atoms with Gasteiger partial charge in [-0.25, -0.2) is 8.42 Å². The molecule has 1 amide bonds. The monoisotopic (exact) mass is 542 g/mol. The zero-order valence-electron chi connectivity index (χ0n) is 21.1. The van der Waals surface area contributed by atoms with Crippen LogP contribution in [0.2, 0.25) is 0 Å². The second-order valence-corrected chi connectivity index (χ2v) is 12.6. The van der Waals surface area contributed by atoms with Crippen LogP contribution in [0.3, 0.4) is 0 Å². The summed E-state index contributed by atoms with van der Waals surface area (Å²) in [5, 5.41) is 12.6. The van der Waals surface area contributed by atoms with E-state index in [9.17, 15) is 31.5 Å². The Balaban J connectivity index is 1.62. The van der Waals surface area contributed by atoms with E-state index in [0.717, 1.165) is 25.7 Å². The van der Waals surface area contributed by atoms with Crippen LogP contribution in [0.25, 0.3) is 0 Å². The first-order valence-corrected chi connectivity index (χ1v) is 14.6. The van der Waals surface area contributed by atoms with Crippen LogP contribution in [0.15, 0.2) is 48.2 Å². The Hall–Kier alpha value is -2.33. The Labute approximate surface area is 217 Å². The first-order chi connectivity index (χ1) is 17.4. The third kappa shape index (κ3) is 7.83. The molecule has 1 aromatic rings. The third-order valence-electron chi connectivity index (χ3n) is 7.31. The topological polar surface area (TPSA) is 109 Å². The molecule has 6 nitrogen and oxygen atoms in total. The number of amides is 1. The number of aliphatic hydroxyl groups is 1. The van der Waals surface area contributed by atoms with E-state index in [0.29, 0.717) is 24.8 Å². The van der Waals surface area contributed by atoms with Gasteiger partial charge in [0.25, 0.3) is 0 Å². The molecular weight excluding hydrogens is 505 g/mol. The number of hydrogen-bond acceptors (Lipinski definition) is 5. The molecule has 4 N–H and O–H groups in total. The molecular formula is C27H37F3N2O4S. The van der Waals surface area contributed by atoms with Crippen molar-refractivity contribution < 1.29 is 31.5 Å². The number of nitrogens with two attached hydrogens (primary N) is 1. The third-order valence-corrected chi connectivity index (χ3v) is 9.66. The number of anilines is 1. The highest BCUT2D eigenvalue weighted by Gasteiger charge is 2.55. The summed E-state index contributed by atoms with van der Waals surface area (Å²) in [7, 11) is -3.28. The average Bonchev–Trinajstić information content (AvgIpc) is 3.48. The smallest absolute Gasteiger partial charge is 0.404 e. The number of allylic oxidation sites excluding steroid dienone is 1. The van der Waals surface area contributed by atoms with Crippen LogP contribution in [0.5, 0.6) is 0 Å². The van der Waals surface area contributed by atoms with Gasteiger partial charge in [0.2, 0.25) is 5.91 Å². The highest BCUT2D eigenvalue weighted by molar-refractivity contribution is 7.92. The molecule has 2 unspecified atom stereocenters. The maximum absolute atomic E-state index is 13.8. The van der Waals surface area contributed by atoms with E-state index in [1.807, 2.05) is 0 Å². The van der Waals surface area contributed by atoms with Crippen molar-refractivity contribution in [3.63, 3.8) is 0 Å². The summed E-state index contributed by atoms with van der Waals surface area (Å²) >= 11 is 0. The zero-order chi connectivity index (χ0) is 27.3. The molecule has 0 radical (unpaired) electrons. The summed E-state index contributed by atoms with van der Waals surface area (Å²) in [6.45, 7) is 1.79. The van der Waals surface area contributed by atoms with Crippen LogP contribution >= 0.6 is 0 Å². The Morgan fingerprint density at radius 1 is 1.14 bits per heavy atom. The van der Waals surface area contributed by atoms with Crippen molar-refractivity contribution in [1.29, 1.82) is 0 Å². The maximum atomic E-state index is 13.8. The molecule has 2 saturated carbocycles. The van der Waals surface area contributed by atoms with Gasteiger partial charge in [0.1, 0.15) is 0 Å². The minimum atomic E-state index is -4.82. The lowest BCUT2D eigenvalue weighted by atomic mass is 9.83. The molecule has 10 heteroatoms. The van der Waals surface area contributed by atoms with Gasteiger partial charge in [0.15, 0.2) is 15.4 Å². The molecule has 37 heavy (non-hydrogen) atoms. The van der Waals surface area contributed by atoms with E-state index >= 15 is 0 Å². The Kier molecular flexibility index (Phi) is 9.50. The van der Waals surface area contributed by atoms with Crippen LogP contribution in [0.4, 0.5) is 18.9 Å². The molecule has 0 aliphatic heterocycles. The number of alkyl halides is 3. The van der Waals surface area contributed by atoms with Gasteiger partial charge in [-0.1, -0.05) is 56.9 Å². The molecule has 0 saturated heterocycles. The van der Waals surface area contributed by atoms with E-state index in [1.54, 1.807) is 13.0 Å². The van der Waals surface area contributed by atoms with Crippen LogP contribution in [-0.2, 0) is 20.2 Å². The van der Waals surface area contributed by atoms with Crippen molar-refractivity contribution in [2.75, 3.05) is 11.1 Å². The van der Waals surface area contributed by atoms with Gasteiger partial charge in [-0.3, -0.25) is 4.79 Å². The summed E-state index contributed by atoms with van der Waals surface area (Å²) in [4.78, 5) is 12.5. The summed E-state index contributed by atoms with van der Waals surface area (Å²) in [6, 6.07) is 5.04. The van der Waals surface area contributed by atoms with Crippen molar-refractivity contribution >= 4 is 21.4 Å². The van der Waals surface area contributed by atoms with Crippen LogP contribution in [0.1, 0.15) is 70.3 Å². The average molecular weight is 543 g/mol. The lowest BCUT2D eigenvalue weighted by Crippen LogP contribution is -2.43. The number of hydrogen-bond donors (Lipinski definition) is 3. The first-order valence-electron chi connectivity index (χ1n) is 12.9. The minimum absolute atomic E-state index is 0.137. The fourth-order valence-electron chi connectivity index (χ4n) is 4.90. The van der Waals surface area contributed by atoms with Gasteiger partial charge in [-0.2, -0.15) is 13.2 Å². The Morgan fingerprint density at radius 2 is 1.76 bits per heavy atom. The number of carbonyl (C=O) groups is 1. The second-order valence-electron chi connectivity index (χ2n) is 10.3.